The van der Waals surface area contributed by atoms with Crippen LogP contribution in [0.1, 0.15) is 16.8 Å². The minimum Gasteiger partial charge on any atom is -0.502 e. The van der Waals surface area contributed by atoms with E-state index in [0.717, 1.165) is 16.5 Å². The molecule has 2 aromatic rings. The van der Waals surface area contributed by atoms with Crippen molar-refractivity contribution in [3.63, 3.8) is 0 Å². The Balaban J connectivity index is 2.39. The number of aryl methyl sites for hydroxylation is 1. The van der Waals surface area contributed by atoms with E-state index in [0.29, 0.717) is 5.69 Å². The molecule has 0 fully saturated rings. The van der Waals surface area contributed by atoms with Gasteiger partial charge in [0.1, 0.15) is 0 Å². The molecule has 0 aliphatic rings. The highest BCUT2D eigenvalue weighted by atomic mass is 32.2. The third-order valence-corrected chi connectivity index (χ3v) is 4.10. The van der Waals surface area contributed by atoms with Crippen LogP contribution in [0.15, 0.2) is 42.3 Å². The molecular weight excluding hydrogens is 328 g/mol. The van der Waals surface area contributed by atoms with Crippen LogP contribution in [0.25, 0.3) is 12.2 Å². The summed E-state index contributed by atoms with van der Waals surface area (Å²) in [5, 5.41) is 10.7. The van der Waals surface area contributed by atoms with Crippen LogP contribution in [0.5, 0.6) is 11.5 Å². The van der Waals surface area contributed by atoms with Crippen molar-refractivity contribution in [1.82, 2.24) is 4.98 Å². The number of pyridine rings is 1. The van der Waals surface area contributed by atoms with Crippen LogP contribution in [0, 0.1) is 6.92 Å². The molecule has 126 valence electrons. The average Bonchev–Trinajstić information content (AvgIpc) is 2.56. The lowest BCUT2D eigenvalue weighted by Crippen LogP contribution is -2.10. The maximum atomic E-state index is 11.6. The number of methoxy groups -OCH3 is 1. The molecule has 0 saturated heterocycles. The fraction of sp³-hybridized carbons (Fsp3) is 0.118. The van der Waals surface area contributed by atoms with E-state index in [9.17, 15) is 13.5 Å². The molecule has 0 aliphatic heterocycles. The van der Waals surface area contributed by atoms with Gasteiger partial charge in [0.2, 0.25) is 5.75 Å². The molecule has 0 bridgehead atoms. The normalized spacial score (nSPS) is 11.4. The number of sulfonamides is 1. The number of nitrogens with zero attached hydrogens (tertiary/aromatic N) is 1. The summed E-state index contributed by atoms with van der Waals surface area (Å²) in [5.74, 6) is -0.511. The second-order valence-corrected chi connectivity index (χ2v) is 6.63. The Morgan fingerprint density at radius 2 is 1.92 bits per heavy atom. The second kappa shape index (κ2) is 7.18. The van der Waals surface area contributed by atoms with Crippen molar-refractivity contribution in [3.05, 3.63) is 59.1 Å². The zero-order valence-electron chi connectivity index (χ0n) is 13.4. The topological polar surface area (TPSA) is 88.5 Å². The summed E-state index contributed by atoms with van der Waals surface area (Å²) in [6.45, 7) is 5.20. The van der Waals surface area contributed by atoms with Gasteiger partial charge in [0.05, 0.1) is 12.8 Å². The van der Waals surface area contributed by atoms with E-state index < -0.39 is 15.8 Å². The fourth-order valence-electron chi connectivity index (χ4n) is 1.88. The van der Waals surface area contributed by atoms with Crippen molar-refractivity contribution in [2.45, 2.75) is 6.92 Å². The van der Waals surface area contributed by atoms with Crippen LogP contribution in [0.4, 0.5) is 5.82 Å². The monoisotopic (exact) mass is 346 g/mol. The number of aromatic nitrogens is 1. The summed E-state index contributed by atoms with van der Waals surface area (Å²) in [4.78, 5) is 4.09. The zero-order chi connectivity index (χ0) is 17.7. The zero-order valence-corrected chi connectivity index (χ0v) is 14.2. The maximum Gasteiger partial charge on any atom is 0.255 e. The Labute approximate surface area is 141 Å². The number of nitrogens with one attached hydrogen (secondary N) is 1. The van der Waals surface area contributed by atoms with Crippen LogP contribution in [0.3, 0.4) is 0 Å². The number of ether oxygens (including phenoxy) is 1. The molecule has 0 amide bonds. The van der Waals surface area contributed by atoms with Gasteiger partial charge in [0, 0.05) is 11.5 Å². The molecule has 0 atom stereocenters. The number of hydrogen-bond acceptors (Lipinski definition) is 5. The molecule has 0 saturated carbocycles. The lowest BCUT2D eigenvalue weighted by molar-refractivity contribution is 0.373. The lowest BCUT2D eigenvalue weighted by Gasteiger charge is -2.10. The summed E-state index contributed by atoms with van der Waals surface area (Å²) >= 11 is 0. The number of rotatable bonds is 6. The summed E-state index contributed by atoms with van der Waals surface area (Å²) in [6, 6.07) is 9.36. The van der Waals surface area contributed by atoms with Gasteiger partial charge in [0.25, 0.3) is 10.0 Å². The number of anilines is 1. The first kappa shape index (κ1) is 17.6. The Morgan fingerprint density at radius 3 is 2.50 bits per heavy atom. The van der Waals surface area contributed by atoms with E-state index >= 15 is 0 Å². The molecule has 7 heteroatoms. The van der Waals surface area contributed by atoms with Crippen molar-refractivity contribution >= 4 is 28.0 Å². The smallest absolute Gasteiger partial charge is 0.255 e. The van der Waals surface area contributed by atoms with Crippen LogP contribution in [-0.2, 0) is 10.0 Å². The standard InChI is InChI=1S/C17H18N2O4S/c1-4-24(21,22)19-17-16(20)15(23-3)11-14(18-17)10-9-13-7-5-12(2)6-8-13/h4-11,20H,1H2,2-3H3,(H,18,19)/b10-9+. The molecule has 24 heavy (non-hydrogen) atoms. The highest BCUT2D eigenvalue weighted by Crippen LogP contribution is 2.34. The molecule has 0 unspecified atom stereocenters. The Morgan fingerprint density at radius 1 is 1.25 bits per heavy atom. The van der Waals surface area contributed by atoms with Gasteiger partial charge < -0.3 is 9.84 Å². The SMILES string of the molecule is C=CS(=O)(=O)Nc1nc(/C=C/c2ccc(C)cc2)cc(OC)c1O. The first-order chi connectivity index (χ1) is 11.3. The van der Waals surface area contributed by atoms with Crippen LogP contribution in [-0.4, -0.2) is 25.6 Å². The maximum absolute atomic E-state index is 11.6. The third kappa shape index (κ3) is 4.36. The summed E-state index contributed by atoms with van der Waals surface area (Å²) in [5.41, 5.74) is 2.53. The van der Waals surface area contributed by atoms with Gasteiger partial charge in [-0.05, 0) is 18.6 Å². The molecule has 0 aliphatic carbocycles. The summed E-state index contributed by atoms with van der Waals surface area (Å²) in [6.07, 6.45) is 3.52. The Hall–Kier alpha value is -2.80. The number of benzene rings is 1. The van der Waals surface area contributed by atoms with Crippen molar-refractivity contribution in [3.8, 4) is 11.5 Å². The fourth-order valence-corrected chi connectivity index (χ4v) is 2.38. The average molecular weight is 346 g/mol. The molecule has 0 radical (unpaired) electrons. The second-order valence-electron chi connectivity index (χ2n) is 5.00. The molecule has 1 heterocycles. The van der Waals surface area contributed by atoms with E-state index in [1.165, 1.54) is 13.2 Å². The van der Waals surface area contributed by atoms with E-state index in [-0.39, 0.29) is 11.6 Å². The van der Waals surface area contributed by atoms with E-state index in [2.05, 4.69) is 16.3 Å². The van der Waals surface area contributed by atoms with E-state index in [1.54, 1.807) is 6.08 Å². The van der Waals surface area contributed by atoms with Gasteiger partial charge in [-0.3, -0.25) is 4.72 Å². The van der Waals surface area contributed by atoms with Crippen LogP contribution in [0.2, 0.25) is 0 Å². The quantitative estimate of drug-likeness (QED) is 0.839. The summed E-state index contributed by atoms with van der Waals surface area (Å²) < 4.78 is 30.4. The van der Waals surface area contributed by atoms with Gasteiger partial charge in [-0.25, -0.2) is 13.4 Å². The highest BCUT2D eigenvalue weighted by Gasteiger charge is 2.15. The van der Waals surface area contributed by atoms with Crippen LogP contribution >= 0.6 is 0 Å². The number of aromatic hydroxyl groups is 1. The first-order valence-electron chi connectivity index (χ1n) is 7.02. The van der Waals surface area contributed by atoms with E-state index in [4.69, 9.17) is 4.74 Å². The summed E-state index contributed by atoms with van der Waals surface area (Å²) in [7, 11) is -2.43. The molecule has 2 rings (SSSR count). The molecule has 6 nitrogen and oxygen atoms in total. The van der Waals surface area contributed by atoms with Crippen molar-refractivity contribution in [2.75, 3.05) is 11.8 Å². The van der Waals surface area contributed by atoms with Crippen molar-refractivity contribution in [1.29, 1.82) is 0 Å². The third-order valence-electron chi connectivity index (χ3n) is 3.18. The molecular formula is C17H18N2O4S. The predicted molar refractivity (Wildman–Crippen MR) is 95.3 cm³/mol. The predicted octanol–water partition coefficient (Wildman–Crippen LogP) is 3.16. The van der Waals surface area contributed by atoms with Crippen molar-refractivity contribution in [2.24, 2.45) is 0 Å². The van der Waals surface area contributed by atoms with Gasteiger partial charge >= 0.3 is 0 Å². The lowest BCUT2D eigenvalue weighted by atomic mass is 10.1. The Bertz CT molecular complexity index is 872. The molecule has 2 N–H and O–H groups in total. The first-order valence-corrected chi connectivity index (χ1v) is 8.57. The highest BCUT2D eigenvalue weighted by molar-refractivity contribution is 7.95. The molecule has 1 aromatic carbocycles. The minimum absolute atomic E-state index is 0.107. The van der Waals surface area contributed by atoms with Gasteiger partial charge in [-0.2, -0.15) is 0 Å². The minimum atomic E-state index is -3.80. The molecule has 1 aromatic heterocycles. The number of hydrogen-bond donors (Lipinski definition) is 2. The Kier molecular flexibility index (Phi) is 5.25. The van der Waals surface area contributed by atoms with Gasteiger partial charge in [-0.15, -0.1) is 0 Å². The van der Waals surface area contributed by atoms with Crippen molar-refractivity contribution < 1.29 is 18.3 Å². The largest absolute Gasteiger partial charge is 0.502 e. The van der Waals surface area contributed by atoms with Gasteiger partial charge in [-0.1, -0.05) is 42.5 Å². The van der Waals surface area contributed by atoms with Gasteiger partial charge in [0.15, 0.2) is 11.6 Å². The molecule has 0 spiro atoms. The van der Waals surface area contributed by atoms with E-state index in [1.807, 2.05) is 37.3 Å². The van der Waals surface area contributed by atoms with Crippen LogP contribution < -0.4 is 9.46 Å².